The van der Waals surface area contributed by atoms with Gasteiger partial charge in [-0.25, -0.2) is 19.7 Å². The molecule has 0 saturated carbocycles. The molecular formula is C18H24N6O3S. The Bertz CT molecular complexity index is 913. The number of amides is 1. The molecule has 0 aromatic carbocycles. The molecule has 1 aliphatic heterocycles. The Labute approximate surface area is 167 Å². The highest BCUT2D eigenvalue weighted by Crippen LogP contribution is 2.36. The molecule has 28 heavy (non-hydrogen) atoms. The second kappa shape index (κ2) is 8.09. The third kappa shape index (κ3) is 3.91. The number of thiazole rings is 1. The Morgan fingerprint density at radius 3 is 2.71 bits per heavy atom. The third-order valence-electron chi connectivity index (χ3n) is 4.54. The predicted molar refractivity (Wildman–Crippen MR) is 108 cm³/mol. The molecule has 3 N–H and O–H groups in total. The van der Waals surface area contributed by atoms with E-state index in [-0.39, 0.29) is 17.9 Å². The summed E-state index contributed by atoms with van der Waals surface area (Å²) in [7, 11) is 0. The Balaban J connectivity index is 1.91. The topological polar surface area (TPSA) is 118 Å². The highest BCUT2D eigenvalue weighted by atomic mass is 32.1. The fourth-order valence-corrected chi connectivity index (χ4v) is 3.73. The molecule has 1 aliphatic rings. The van der Waals surface area contributed by atoms with Gasteiger partial charge in [-0.2, -0.15) is 0 Å². The molecule has 10 heteroatoms. The lowest BCUT2D eigenvalue weighted by molar-refractivity contribution is -0.118. The van der Waals surface area contributed by atoms with Crippen LogP contribution in [0.15, 0.2) is 0 Å². The number of nitrogens with one attached hydrogen (secondary N) is 3. The largest absolute Gasteiger partial charge is 0.462 e. The second-order valence-corrected chi connectivity index (χ2v) is 7.62. The SMILES string of the molecule is CCOC(=O)c1sc(Nc2nc(C)nc3c2NC(=O)C(C(C)CC)N3)nc1C. The number of hydrogen-bond acceptors (Lipinski definition) is 9. The lowest BCUT2D eigenvalue weighted by atomic mass is 9.97. The summed E-state index contributed by atoms with van der Waals surface area (Å²) in [4.78, 5) is 38.2. The zero-order valence-electron chi connectivity index (χ0n) is 16.5. The number of rotatable bonds is 6. The molecule has 0 radical (unpaired) electrons. The van der Waals surface area contributed by atoms with Crippen molar-refractivity contribution in [2.75, 3.05) is 22.6 Å². The van der Waals surface area contributed by atoms with Crippen LogP contribution >= 0.6 is 11.3 Å². The van der Waals surface area contributed by atoms with Gasteiger partial charge in [-0.15, -0.1) is 0 Å². The molecule has 2 aromatic heterocycles. The van der Waals surface area contributed by atoms with E-state index < -0.39 is 5.97 Å². The molecule has 2 atom stereocenters. The van der Waals surface area contributed by atoms with Crippen LogP contribution in [-0.2, 0) is 9.53 Å². The summed E-state index contributed by atoms with van der Waals surface area (Å²) in [5.41, 5.74) is 1.05. The van der Waals surface area contributed by atoms with Crippen LogP contribution in [-0.4, -0.2) is 39.5 Å². The monoisotopic (exact) mass is 404 g/mol. The van der Waals surface area contributed by atoms with E-state index >= 15 is 0 Å². The fourth-order valence-electron chi connectivity index (χ4n) is 2.87. The van der Waals surface area contributed by atoms with E-state index in [0.717, 1.165) is 6.42 Å². The van der Waals surface area contributed by atoms with Gasteiger partial charge in [0.1, 0.15) is 22.4 Å². The minimum absolute atomic E-state index is 0.125. The van der Waals surface area contributed by atoms with Crippen LogP contribution in [0.5, 0.6) is 0 Å². The smallest absolute Gasteiger partial charge is 0.350 e. The van der Waals surface area contributed by atoms with Gasteiger partial charge in [0.25, 0.3) is 0 Å². The first-order chi connectivity index (χ1) is 13.3. The predicted octanol–water partition coefficient (Wildman–Crippen LogP) is 3.25. The summed E-state index contributed by atoms with van der Waals surface area (Å²) >= 11 is 1.18. The van der Waals surface area contributed by atoms with Gasteiger partial charge < -0.3 is 20.7 Å². The Morgan fingerprint density at radius 2 is 2.04 bits per heavy atom. The molecule has 2 aromatic rings. The summed E-state index contributed by atoms with van der Waals surface area (Å²) in [6.07, 6.45) is 0.866. The second-order valence-electron chi connectivity index (χ2n) is 6.62. The van der Waals surface area contributed by atoms with E-state index in [0.29, 0.717) is 45.5 Å². The zero-order chi connectivity index (χ0) is 20.4. The number of carbonyl (C=O) groups excluding carboxylic acids is 2. The van der Waals surface area contributed by atoms with Gasteiger partial charge in [-0.3, -0.25) is 4.79 Å². The van der Waals surface area contributed by atoms with Crippen LogP contribution in [0.4, 0.5) is 22.5 Å². The number of anilines is 4. The molecule has 0 bridgehead atoms. The molecule has 150 valence electrons. The molecule has 0 spiro atoms. The molecule has 0 saturated heterocycles. The van der Waals surface area contributed by atoms with E-state index in [1.165, 1.54) is 11.3 Å². The van der Waals surface area contributed by atoms with Crippen molar-refractivity contribution in [1.82, 2.24) is 15.0 Å². The number of esters is 1. The van der Waals surface area contributed by atoms with E-state index in [2.05, 4.69) is 30.9 Å². The first-order valence-corrected chi connectivity index (χ1v) is 10.0. The van der Waals surface area contributed by atoms with E-state index in [4.69, 9.17) is 4.74 Å². The molecule has 3 heterocycles. The number of fused-ring (bicyclic) bond motifs is 1. The van der Waals surface area contributed by atoms with Crippen molar-refractivity contribution in [1.29, 1.82) is 0 Å². The maximum absolute atomic E-state index is 12.5. The average Bonchev–Trinajstić information content (AvgIpc) is 3.01. The maximum atomic E-state index is 12.5. The average molecular weight is 404 g/mol. The van der Waals surface area contributed by atoms with Crippen molar-refractivity contribution < 1.29 is 14.3 Å². The Morgan fingerprint density at radius 1 is 1.29 bits per heavy atom. The first kappa shape index (κ1) is 20.0. The maximum Gasteiger partial charge on any atom is 0.350 e. The number of hydrogen-bond donors (Lipinski definition) is 3. The lowest BCUT2D eigenvalue weighted by Crippen LogP contribution is -2.43. The molecule has 2 unspecified atom stereocenters. The number of nitrogens with zero attached hydrogens (tertiary/aromatic N) is 3. The van der Waals surface area contributed by atoms with E-state index in [9.17, 15) is 9.59 Å². The number of aryl methyl sites for hydroxylation is 2. The summed E-state index contributed by atoms with van der Waals surface area (Å²) in [5, 5.41) is 9.71. The van der Waals surface area contributed by atoms with Gasteiger partial charge in [0.05, 0.1) is 12.3 Å². The van der Waals surface area contributed by atoms with Crippen LogP contribution in [0.1, 0.15) is 48.4 Å². The molecule has 0 aliphatic carbocycles. The highest BCUT2D eigenvalue weighted by molar-refractivity contribution is 7.17. The normalized spacial score (nSPS) is 16.6. The van der Waals surface area contributed by atoms with Crippen molar-refractivity contribution in [3.8, 4) is 0 Å². The summed E-state index contributed by atoms with van der Waals surface area (Å²) in [6.45, 7) is 9.63. The number of carbonyl (C=O) groups is 2. The van der Waals surface area contributed by atoms with Gasteiger partial charge >= 0.3 is 5.97 Å². The molecule has 9 nitrogen and oxygen atoms in total. The standard InChI is InChI=1S/C18H24N6O3S/c1-6-8(3)11-16(25)23-12-14(22-11)20-10(5)21-15(12)24-18-19-9(4)13(28-18)17(26)27-7-2/h8,11H,6-7H2,1-5H3,(H,23,25)(H2,19,20,21,22,24). The molecule has 3 rings (SSSR count). The van der Waals surface area contributed by atoms with Gasteiger partial charge in [-0.1, -0.05) is 31.6 Å². The summed E-state index contributed by atoms with van der Waals surface area (Å²) in [6, 6.07) is -0.350. The molecule has 0 fully saturated rings. The van der Waals surface area contributed by atoms with Crippen molar-refractivity contribution in [2.24, 2.45) is 5.92 Å². The van der Waals surface area contributed by atoms with E-state index in [1.54, 1.807) is 20.8 Å². The minimum atomic E-state index is -0.405. The number of aromatic nitrogens is 3. The molecule has 1 amide bonds. The van der Waals surface area contributed by atoms with E-state index in [1.807, 2.05) is 13.8 Å². The van der Waals surface area contributed by atoms with Gasteiger partial charge in [0, 0.05) is 0 Å². The number of ether oxygens (including phenoxy) is 1. The van der Waals surface area contributed by atoms with Crippen molar-refractivity contribution >= 4 is 45.7 Å². The van der Waals surface area contributed by atoms with Crippen molar-refractivity contribution in [2.45, 2.75) is 47.1 Å². The van der Waals surface area contributed by atoms with Crippen LogP contribution in [0.2, 0.25) is 0 Å². The van der Waals surface area contributed by atoms with Crippen LogP contribution in [0, 0.1) is 19.8 Å². The van der Waals surface area contributed by atoms with Gasteiger partial charge in [0.15, 0.2) is 16.8 Å². The van der Waals surface area contributed by atoms with Crippen molar-refractivity contribution in [3.63, 3.8) is 0 Å². The lowest BCUT2D eigenvalue weighted by Gasteiger charge is -2.30. The van der Waals surface area contributed by atoms with Crippen LogP contribution in [0.25, 0.3) is 0 Å². The Hall–Kier alpha value is -2.75. The molecular weight excluding hydrogens is 380 g/mol. The van der Waals surface area contributed by atoms with Gasteiger partial charge in [0.2, 0.25) is 5.91 Å². The Kier molecular flexibility index (Phi) is 5.78. The van der Waals surface area contributed by atoms with Gasteiger partial charge in [-0.05, 0) is 26.7 Å². The zero-order valence-corrected chi connectivity index (χ0v) is 17.4. The van der Waals surface area contributed by atoms with Crippen LogP contribution in [0.3, 0.4) is 0 Å². The fraction of sp³-hybridized carbons (Fsp3) is 0.500. The first-order valence-electron chi connectivity index (χ1n) is 9.21. The minimum Gasteiger partial charge on any atom is -0.462 e. The van der Waals surface area contributed by atoms with Crippen molar-refractivity contribution in [3.05, 3.63) is 16.4 Å². The quantitative estimate of drug-likeness (QED) is 0.628. The summed E-state index contributed by atoms with van der Waals surface area (Å²) < 4.78 is 5.05. The third-order valence-corrected chi connectivity index (χ3v) is 5.59. The highest BCUT2D eigenvalue weighted by Gasteiger charge is 2.32. The summed E-state index contributed by atoms with van der Waals surface area (Å²) in [5.74, 6) is 1.17. The van der Waals surface area contributed by atoms with Crippen LogP contribution < -0.4 is 16.0 Å².